The summed E-state index contributed by atoms with van der Waals surface area (Å²) in [6, 6.07) is 6.94. The van der Waals surface area contributed by atoms with Gasteiger partial charge in [0.05, 0.1) is 6.61 Å². The van der Waals surface area contributed by atoms with Crippen molar-refractivity contribution >= 4 is 11.9 Å². The number of carboxylic acid groups (broad SMARTS) is 2. The molecule has 1 aromatic carbocycles. The van der Waals surface area contributed by atoms with Crippen LogP contribution in [0.1, 0.15) is 23.1 Å². The van der Waals surface area contributed by atoms with Crippen molar-refractivity contribution in [1.29, 1.82) is 0 Å². The molecule has 2 aliphatic rings. The van der Waals surface area contributed by atoms with Gasteiger partial charge in [0.15, 0.2) is 0 Å². The molecule has 0 aliphatic carbocycles. The fourth-order valence-electron chi connectivity index (χ4n) is 4.73. The van der Waals surface area contributed by atoms with Crippen molar-refractivity contribution in [3.8, 4) is 0 Å². The second-order valence-corrected chi connectivity index (χ2v) is 9.27. The van der Waals surface area contributed by atoms with Crippen molar-refractivity contribution in [2.45, 2.75) is 39.2 Å². The predicted molar refractivity (Wildman–Crippen MR) is 118 cm³/mol. The molecule has 3 rings (SSSR count). The molecule has 2 N–H and O–H groups in total. The van der Waals surface area contributed by atoms with Crippen LogP contribution >= 0.6 is 0 Å². The van der Waals surface area contributed by atoms with E-state index in [2.05, 4.69) is 48.9 Å². The lowest BCUT2D eigenvalue weighted by atomic mass is 9.77. The summed E-state index contributed by atoms with van der Waals surface area (Å²) < 4.78 is 69.0. The minimum absolute atomic E-state index is 0.448. The van der Waals surface area contributed by atoms with Gasteiger partial charge in [0.1, 0.15) is 0 Å². The smallest absolute Gasteiger partial charge is 0.475 e. The Balaban J connectivity index is 0.000000383. The molecule has 0 radical (unpaired) electrons. The Bertz CT molecular complexity index is 848. The number of likely N-dealkylation sites (tertiary alicyclic amines) is 2. The third kappa shape index (κ3) is 9.94. The SMILES string of the molecule is COC[C@H]1CN(C)C[C@@]12CCN(Cc1cc(C)cc(C)c1)C2.O=C(O)C(F)(F)F.O=C(O)C(F)(F)F. The first-order valence-electron chi connectivity index (χ1n) is 11.0. The third-order valence-corrected chi connectivity index (χ3v) is 5.99. The molecule has 7 nitrogen and oxygen atoms in total. The zero-order valence-corrected chi connectivity index (χ0v) is 20.5. The molecule has 0 aromatic heterocycles. The highest BCUT2D eigenvalue weighted by molar-refractivity contribution is 5.73. The van der Waals surface area contributed by atoms with E-state index in [1.807, 2.05) is 7.11 Å². The van der Waals surface area contributed by atoms with Gasteiger partial charge in [-0.15, -0.1) is 0 Å². The van der Waals surface area contributed by atoms with E-state index in [0.717, 1.165) is 13.2 Å². The first-order chi connectivity index (χ1) is 16.4. The number of carbonyl (C=O) groups is 2. The van der Waals surface area contributed by atoms with E-state index in [9.17, 15) is 26.3 Å². The number of aryl methyl sites for hydroxylation is 2. The van der Waals surface area contributed by atoms with E-state index < -0.39 is 24.3 Å². The number of ether oxygens (including phenoxy) is 1. The maximum Gasteiger partial charge on any atom is 0.490 e. The number of benzene rings is 1. The van der Waals surface area contributed by atoms with E-state index >= 15 is 0 Å². The zero-order valence-electron chi connectivity index (χ0n) is 20.5. The number of methoxy groups -OCH3 is 1. The van der Waals surface area contributed by atoms with Gasteiger partial charge in [0.2, 0.25) is 0 Å². The van der Waals surface area contributed by atoms with Crippen molar-refractivity contribution in [2.24, 2.45) is 11.3 Å². The number of carboxylic acids is 2. The molecule has 0 amide bonds. The topological polar surface area (TPSA) is 90.3 Å². The Labute approximate surface area is 205 Å². The second-order valence-electron chi connectivity index (χ2n) is 9.27. The minimum Gasteiger partial charge on any atom is -0.475 e. The van der Waals surface area contributed by atoms with E-state index in [0.29, 0.717) is 11.3 Å². The summed E-state index contributed by atoms with van der Waals surface area (Å²) in [4.78, 5) is 22.9. The van der Waals surface area contributed by atoms with Crippen LogP contribution in [0.4, 0.5) is 26.3 Å². The number of alkyl halides is 6. The number of hydrogen-bond acceptors (Lipinski definition) is 5. The number of nitrogens with zero attached hydrogens (tertiary/aromatic N) is 2. The largest absolute Gasteiger partial charge is 0.490 e. The van der Waals surface area contributed by atoms with Crippen LogP contribution in [0, 0.1) is 25.2 Å². The van der Waals surface area contributed by atoms with Crippen LogP contribution in [-0.4, -0.2) is 91.2 Å². The molecule has 2 saturated heterocycles. The number of hydrogen-bond donors (Lipinski definition) is 2. The number of halogens is 6. The molecule has 0 saturated carbocycles. The maximum atomic E-state index is 10.6. The Morgan fingerprint density at radius 2 is 1.47 bits per heavy atom. The molecule has 13 heteroatoms. The average Bonchev–Trinajstić information content (AvgIpc) is 3.23. The molecule has 0 unspecified atom stereocenters. The highest BCUT2D eigenvalue weighted by Crippen LogP contribution is 2.43. The molecule has 36 heavy (non-hydrogen) atoms. The molecule has 2 fully saturated rings. The van der Waals surface area contributed by atoms with Crippen LogP contribution in [-0.2, 0) is 20.9 Å². The fraction of sp³-hybridized carbons (Fsp3) is 0.652. The number of rotatable bonds is 4. The fourth-order valence-corrected chi connectivity index (χ4v) is 4.73. The van der Waals surface area contributed by atoms with Gasteiger partial charge in [-0.05, 0) is 39.4 Å². The Morgan fingerprint density at radius 3 is 1.89 bits per heavy atom. The summed E-state index contributed by atoms with van der Waals surface area (Å²) in [6.45, 7) is 11.2. The summed E-state index contributed by atoms with van der Waals surface area (Å²) in [5, 5.41) is 14.2. The van der Waals surface area contributed by atoms with Gasteiger partial charge in [-0.3, -0.25) is 4.90 Å². The van der Waals surface area contributed by atoms with Crippen molar-refractivity contribution < 1.29 is 50.9 Å². The molecule has 2 atom stereocenters. The monoisotopic (exact) mass is 530 g/mol. The lowest BCUT2D eigenvalue weighted by molar-refractivity contribution is -0.193. The predicted octanol–water partition coefficient (Wildman–Crippen LogP) is 3.97. The highest BCUT2D eigenvalue weighted by atomic mass is 19.4. The lowest BCUT2D eigenvalue weighted by Gasteiger charge is -2.30. The van der Waals surface area contributed by atoms with Crippen LogP contribution in [0.3, 0.4) is 0 Å². The first-order valence-corrected chi connectivity index (χ1v) is 11.0. The normalized spacial score (nSPS) is 22.6. The van der Waals surface area contributed by atoms with Crippen LogP contribution in [0.15, 0.2) is 18.2 Å². The van der Waals surface area contributed by atoms with Gasteiger partial charge in [0.25, 0.3) is 0 Å². The van der Waals surface area contributed by atoms with E-state index in [1.165, 1.54) is 49.3 Å². The van der Waals surface area contributed by atoms with E-state index in [-0.39, 0.29) is 0 Å². The Kier molecular flexibility index (Phi) is 11.2. The maximum absolute atomic E-state index is 10.6. The molecule has 0 bridgehead atoms. The van der Waals surface area contributed by atoms with Crippen molar-refractivity contribution in [3.63, 3.8) is 0 Å². The summed E-state index contributed by atoms with van der Waals surface area (Å²) in [6.07, 6.45) is -8.85. The van der Waals surface area contributed by atoms with Crippen LogP contribution in [0.25, 0.3) is 0 Å². The molecule has 1 spiro atoms. The summed E-state index contributed by atoms with van der Waals surface area (Å²) in [7, 11) is 4.10. The van der Waals surface area contributed by atoms with Crippen LogP contribution < -0.4 is 0 Å². The molecule has 2 aliphatic heterocycles. The van der Waals surface area contributed by atoms with Gasteiger partial charge >= 0.3 is 24.3 Å². The van der Waals surface area contributed by atoms with Crippen LogP contribution in [0.2, 0.25) is 0 Å². The second kappa shape index (κ2) is 12.7. The highest BCUT2D eigenvalue weighted by Gasteiger charge is 2.49. The zero-order chi connectivity index (χ0) is 27.9. The quantitative estimate of drug-likeness (QED) is 0.570. The molecule has 1 aromatic rings. The Hall–Kier alpha value is -2.38. The van der Waals surface area contributed by atoms with E-state index in [4.69, 9.17) is 24.5 Å². The van der Waals surface area contributed by atoms with Gasteiger partial charge < -0.3 is 19.8 Å². The molecule has 2 heterocycles. The van der Waals surface area contributed by atoms with E-state index in [1.54, 1.807) is 0 Å². The Morgan fingerprint density at radius 1 is 1.00 bits per heavy atom. The molecular weight excluding hydrogens is 498 g/mol. The number of aliphatic carboxylic acids is 2. The lowest BCUT2D eigenvalue weighted by Crippen LogP contribution is -2.36. The standard InChI is InChI=1S/C19H30N2O.2C2HF3O2/c1-15-7-16(2)9-17(8-15)10-21-6-5-19(14-21)13-20(3)11-18(19)12-22-4;2*3-2(4,5)1(6)7/h7-9,18H,5-6,10-14H2,1-4H3;2*(H,6,7)/t18-,19-;;/m1../s1. The van der Waals surface area contributed by atoms with Crippen LogP contribution in [0.5, 0.6) is 0 Å². The van der Waals surface area contributed by atoms with Gasteiger partial charge in [-0.25, -0.2) is 9.59 Å². The van der Waals surface area contributed by atoms with Gasteiger partial charge in [-0.1, -0.05) is 29.3 Å². The van der Waals surface area contributed by atoms with Crippen molar-refractivity contribution in [2.75, 3.05) is 46.9 Å². The average molecular weight is 531 g/mol. The van der Waals surface area contributed by atoms with Crippen molar-refractivity contribution in [3.05, 3.63) is 34.9 Å². The first kappa shape index (κ1) is 31.6. The van der Waals surface area contributed by atoms with Gasteiger partial charge in [-0.2, -0.15) is 26.3 Å². The molecular formula is C23H32F6N2O5. The minimum atomic E-state index is -5.08. The third-order valence-electron chi connectivity index (χ3n) is 5.99. The van der Waals surface area contributed by atoms with Gasteiger partial charge in [0, 0.05) is 44.6 Å². The van der Waals surface area contributed by atoms with Crippen molar-refractivity contribution in [1.82, 2.24) is 9.80 Å². The molecule has 206 valence electrons. The summed E-state index contributed by atoms with van der Waals surface area (Å²) in [5.74, 6) is -4.83. The summed E-state index contributed by atoms with van der Waals surface area (Å²) in [5.41, 5.74) is 4.66. The summed E-state index contributed by atoms with van der Waals surface area (Å²) >= 11 is 0.